The smallest absolute Gasteiger partial charge is 0.243 e. The van der Waals surface area contributed by atoms with Crippen LogP contribution in [0, 0.1) is 0 Å². The molecule has 1 aliphatic rings. The second kappa shape index (κ2) is 7.79. The van der Waals surface area contributed by atoms with Gasteiger partial charge in [0.05, 0.1) is 12.7 Å². The monoisotopic (exact) mass is 263 g/mol. The van der Waals surface area contributed by atoms with Crippen LogP contribution in [0.3, 0.4) is 0 Å². The van der Waals surface area contributed by atoms with Gasteiger partial charge in [0.1, 0.15) is 5.75 Å². The van der Waals surface area contributed by atoms with Gasteiger partial charge >= 0.3 is 0 Å². The molecule has 0 heterocycles. The van der Waals surface area contributed by atoms with E-state index in [1.54, 1.807) is 0 Å². The Kier molecular flexibility index (Phi) is 5.69. The summed E-state index contributed by atoms with van der Waals surface area (Å²) in [4.78, 5) is 16.9. The third-order valence-corrected chi connectivity index (χ3v) is 3.20. The fraction of sp³-hybridized carbons (Fsp3) is 0.533. The van der Waals surface area contributed by atoms with E-state index in [0.29, 0.717) is 19.4 Å². The number of amides is 1. The largest absolute Gasteiger partial charge is 0.494 e. The topological polar surface area (TPSA) is 47.6 Å². The lowest BCUT2D eigenvalue weighted by Gasteiger charge is -2.11. The molecule has 0 bridgehead atoms. The molecule has 1 aromatic rings. The van der Waals surface area contributed by atoms with Crippen molar-refractivity contribution in [2.24, 2.45) is 0 Å². The highest BCUT2D eigenvalue weighted by Crippen LogP contribution is 2.19. The van der Waals surface area contributed by atoms with Crippen LogP contribution in [0.15, 0.2) is 30.3 Å². The second-order valence-electron chi connectivity index (χ2n) is 4.81. The third-order valence-electron chi connectivity index (χ3n) is 3.20. The maximum atomic E-state index is 11.5. The van der Waals surface area contributed by atoms with E-state index < -0.39 is 0 Å². The Morgan fingerprint density at radius 1 is 1.21 bits per heavy atom. The molecule has 0 unspecified atom stereocenters. The first-order valence-electron chi connectivity index (χ1n) is 6.97. The maximum absolute atomic E-state index is 11.5. The van der Waals surface area contributed by atoms with Crippen molar-refractivity contribution in [3.63, 3.8) is 0 Å². The number of nitrogens with one attached hydrogen (secondary N) is 1. The van der Waals surface area contributed by atoms with Crippen LogP contribution in [-0.4, -0.2) is 18.6 Å². The number of para-hydroxylation sites is 1. The highest BCUT2D eigenvalue weighted by molar-refractivity contribution is 5.74. The molecule has 4 nitrogen and oxygen atoms in total. The molecular formula is C15H21NO3. The van der Waals surface area contributed by atoms with Gasteiger partial charge in [-0.1, -0.05) is 31.0 Å². The molecule has 1 N–H and O–H groups in total. The Balaban J connectivity index is 1.51. The number of carbonyl (C=O) groups excluding carboxylic acids is 1. The van der Waals surface area contributed by atoms with Crippen LogP contribution in [0.1, 0.15) is 38.5 Å². The van der Waals surface area contributed by atoms with E-state index >= 15 is 0 Å². The molecule has 0 aromatic heterocycles. The SMILES string of the molecule is O=C(CCCOc1ccccc1)NOC1CCCC1. The number of carbonyl (C=O) groups is 1. The summed E-state index contributed by atoms with van der Waals surface area (Å²) in [6.07, 6.45) is 5.84. The molecule has 1 fully saturated rings. The zero-order chi connectivity index (χ0) is 13.3. The van der Waals surface area contributed by atoms with E-state index in [1.807, 2.05) is 30.3 Å². The van der Waals surface area contributed by atoms with Crippen molar-refractivity contribution >= 4 is 5.91 Å². The van der Waals surface area contributed by atoms with Crippen LogP contribution in [0.2, 0.25) is 0 Å². The van der Waals surface area contributed by atoms with Gasteiger partial charge in [-0.3, -0.25) is 9.63 Å². The van der Waals surface area contributed by atoms with E-state index in [0.717, 1.165) is 18.6 Å². The molecule has 0 atom stereocenters. The molecule has 104 valence electrons. The fourth-order valence-corrected chi connectivity index (χ4v) is 2.15. The van der Waals surface area contributed by atoms with E-state index in [9.17, 15) is 4.79 Å². The molecule has 2 rings (SSSR count). The summed E-state index contributed by atoms with van der Waals surface area (Å²) in [5.41, 5.74) is 2.53. The van der Waals surface area contributed by atoms with Crippen LogP contribution >= 0.6 is 0 Å². The molecule has 1 saturated carbocycles. The van der Waals surface area contributed by atoms with Crippen molar-refractivity contribution in [1.29, 1.82) is 0 Å². The van der Waals surface area contributed by atoms with Gasteiger partial charge in [0.15, 0.2) is 0 Å². The molecule has 0 spiro atoms. The van der Waals surface area contributed by atoms with Crippen LogP contribution in [0.4, 0.5) is 0 Å². The molecule has 19 heavy (non-hydrogen) atoms. The standard InChI is InChI=1S/C15H21NO3/c17-15(16-19-14-9-4-5-10-14)11-6-12-18-13-7-2-1-3-8-13/h1-3,7-8,14H,4-6,9-12H2,(H,16,17). The zero-order valence-electron chi connectivity index (χ0n) is 11.1. The number of hydrogen-bond donors (Lipinski definition) is 1. The first kappa shape index (κ1) is 13.9. The van der Waals surface area contributed by atoms with Crippen molar-refractivity contribution in [2.75, 3.05) is 6.61 Å². The van der Waals surface area contributed by atoms with Crippen molar-refractivity contribution in [2.45, 2.75) is 44.6 Å². The van der Waals surface area contributed by atoms with E-state index in [1.165, 1.54) is 12.8 Å². The van der Waals surface area contributed by atoms with Crippen molar-refractivity contribution in [3.8, 4) is 5.75 Å². The minimum atomic E-state index is -0.0661. The van der Waals surface area contributed by atoms with Crippen LogP contribution in [0.5, 0.6) is 5.75 Å². The third kappa shape index (κ3) is 5.30. The van der Waals surface area contributed by atoms with E-state index in [2.05, 4.69) is 5.48 Å². The number of benzene rings is 1. The lowest BCUT2D eigenvalue weighted by Crippen LogP contribution is -2.28. The van der Waals surface area contributed by atoms with Gasteiger partial charge in [-0.2, -0.15) is 0 Å². The van der Waals surface area contributed by atoms with Gasteiger partial charge in [0.25, 0.3) is 0 Å². The summed E-state index contributed by atoms with van der Waals surface area (Å²) >= 11 is 0. The van der Waals surface area contributed by atoms with Gasteiger partial charge in [-0.05, 0) is 31.4 Å². The predicted molar refractivity (Wildman–Crippen MR) is 72.7 cm³/mol. The minimum Gasteiger partial charge on any atom is -0.494 e. The Bertz CT molecular complexity index is 374. The van der Waals surface area contributed by atoms with Gasteiger partial charge in [-0.25, -0.2) is 5.48 Å². The molecule has 0 saturated heterocycles. The zero-order valence-corrected chi connectivity index (χ0v) is 11.1. The summed E-state index contributed by atoms with van der Waals surface area (Å²) in [5, 5.41) is 0. The maximum Gasteiger partial charge on any atom is 0.243 e. The van der Waals surface area contributed by atoms with E-state index in [4.69, 9.17) is 9.57 Å². The Morgan fingerprint density at radius 3 is 2.68 bits per heavy atom. The van der Waals surface area contributed by atoms with Crippen LogP contribution in [0.25, 0.3) is 0 Å². The molecule has 4 heteroatoms. The molecular weight excluding hydrogens is 242 g/mol. The number of hydrogen-bond acceptors (Lipinski definition) is 3. The average molecular weight is 263 g/mol. The number of ether oxygens (including phenoxy) is 1. The number of hydroxylamine groups is 1. The highest BCUT2D eigenvalue weighted by Gasteiger charge is 2.16. The fourth-order valence-electron chi connectivity index (χ4n) is 2.15. The summed E-state index contributed by atoms with van der Waals surface area (Å²) in [5.74, 6) is 0.772. The molecule has 0 radical (unpaired) electrons. The van der Waals surface area contributed by atoms with Gasteiger partial charge in [0, 0.05) is 6.42 Å². The van der Waals surface area contributed by atoms with E-state index in [-0.39, 0.29) is 12.0 Å². The van der Waals surface area contributed by atoms with Gasteiger partial charge < -0.3 is 4.74 Å². The Morgan fingerprint density at radius 2 is 1.95 bits per heavy atom. The Labute approximate surface area is 114 Å². The normalized spacial score (nSPS) is 15.4. The first-order chi connectivity index (χ1) is 9.34. The Hall–Kier alpha value is -1.55. The van der Waals surface area contributed by atoms with Crippen molar-refractivity contribution < 1.29 is 14.4 Å². The summed E-state index contributed by atoms with van der Waals surface area (Å²) in [6.45, 7) is 0.543. The molecule has 0 aliphatic heterocycles. The minimum absolute atomic E-state index is 0.0661. The first-order valence-corrected chi connectivity index (χ1v) is 6.97. The second-order valence-corrected chi connectivity index (χ2v) is 4.81. The quantitative estimate of drug-likeness (QED) is 0.608. The molecule has 1 aliphatic carbocycles. The summed E-state index contributed by atoms with van der Waals surface area (Å²) in [6, 6.07) is 9.61. The summed E-state index contributed by atoms with van der Waals surface area (Å²) < 4.78 is 5.51. The predicted octanol–water partition coefficient (Wildman–Crippen LogP) is 2.84. The van der Waals surface area contributed by atoms with Crippen LogP contribution < -0.4 is 10.2 Å². The molecule has 1 amide bonds. The van der Waals surface area contributed by atoms with Gasteiger partial charge in [0.2, 0.25) is 5.91 Å². The average Bonchev–Trinajstić information content (AvgIpc) is 2.96. The highest BCUT2D eigenvalue weighted by atomic mass is 16.7. The van der Waals surface area contributed by atoms with Crippen LogP contribution in [-0.2, 0) is 9.63 Å². The van der Waals surface area contributed by atoms with Crippen molar-refractivity contribution in [3.05, 3.63) is 30.3 Å². The van der Waals surface area contributed by atoms with Gasteiger partial charge in [-0.15, -0.1) is 0 Å². The summed E-state index contributed by atoms with van der Waals surface area (Å²) in [7, 11) is 0. The number of rotatable bonds is 7. The van der Waals surface area contributed by atoms with Crippen molar-refractivity contribution in [1.82, 2.24) is 5.48 Å². The lowest BCUT2D eigenvalue weighted by molar-refractivity contribution is -0.138. The lowest BCUT2D eigenvalue weighted by atomic mass is 10.3. The molecule has 1 aromatic carbocycles.